The molecule has 1 aromatic carbocycles. The lowest BCUT2D eigenvalue weighted by atomic mass is 10.1. The van der Waals surface area contributed by atoms with E-state index in [-0.39, 0.29) is 12.5 Å². The highest BCUT2D eigenvalue weighted by atomic mass is 16.7. The molecule has 0 saturated heterocycles. The summed E-state index contributed by atoms with van der Waals surface area (Å²) in [5, 5.41) is 9.58. The van der Waals surface area contributed by atoms with Gasteiger partial charge < -0.3 is 14.6 Å². The van der Waals surface area contributed by atoms with Gasteiger partial charge in [-0.15, -0.1) is 0 Å². The van der Waals surface area contributed by atoms with Crippen LogP contribution in [0.1, 0.15) is 12.5 Å². The molecule has 0 aliphatic heterocycles. The zero-order chi connectivity index (χ0) is 10.6. The fourth-order valence-electron chi connectivity index (χ4n) is 1.09. The minimum Gasteiger partial charge on any atom is -0.507 e. The second kappa shape index (κ2) is 4.67. The Bertz CT molecular complexity index is 331. The number of rotatable bonds is 4. The van der Waals surface area contributed by atoms with Crippen molar-refractivity contribution in [1.82, 2.24) is 0 Å². The molecule has 1 aromatic rings. The Hall–Kier alpha value is -1.48. The molecule has 0 spiro atoms. The Kier molecular flexibility index (Phi) is 3.54. The van der Waals surface area contributed by atoms with Crippen molar-refractivity contribution in [3.05, 3.63) is 30.3 Å². The van der Waals surface area contributed by atoms with Crippen LogP contribution in [0, 0.1) is 0 Å². The van der Waals surface area contributed by atoms with Crippen LogP contribution in [0.4, 0.5) is 0 Å². The van der Waals surface area contributed by atoms with Crippen LogP contribution in [0.3, 0.4) is 0 Å². The number of phenolic OH excluding ortho intramolecular Hbond substituents is 1. The molecule has 0 aromatic heterocycles. The lowest BCUT2D eigenvalue weighted by molar-refractivity contribution is 0.0510. The van der Waals surface area contributed by atoms with Crippen LogP contribution >= 0.6 is 0 Å². The average Bonchev–Trinajstić information content (AvgIpc) is 2.14. The zero-order valence-electron chi connectivity index (χ0n) is 8.41. The molecule has 0 aliphatic carbocycles. The van der Waals surface area contributed by atoms with Crippen molar-refractivity contribution in [1.29, 1.82) is 0 Å². The fraction of sp³-hybridized carbons (Fsp3) is 0.273. The van der Waals surface area contributed by atoms with Gasteiger partial charge in [-0.05, 0) is 24.6 Å². The van der Waals surface area contributed by atoms with E-state index in [1.54, 1.807) is 25.3 Å². The van der Waals surface area contributed by atoms with Gasteiger partial charge >= 0.3 is 0 Å². The molecule has 0 atom stereocenters. The quantitative estimate of drug-likeness (QED) is 0.748. The maximum atomic E-state index is 9.58. The molecule has 0 bridgehead atoms. The van der Waals surface area contributed by atoms with Crippen molar-refractivity contribution < 1.29 is 14.6 Å². The molecular formula is C11H14O3. The zero-order valence-corrected chi connectivity index (χ0v) is 8.41. The highest BCUT2D eigenvalue weighted by molar-refractivity contribution is 5.67. The molecule has 0 aliphatic rings. The Labute approximate surface area is 83.6 Å². The van der Waals surface area contributed by atoms with Crippen molar-refractivity contribution in [3.8, 4) is 11.5 Å². The number of phenols is 1. The first-order valence-corrected chi connectivity index (χ1v) is 4.25. The predicted octanol–water partition coefficient (Wildman–Crippen LogP) is 2.41. The molecule has 0 unspecified atom stereocenters. The van der Waals surface area contributed by atoms with E-state index in [4.69, 9.17) is 9.47 Å². The summed E-state index contributed by atoms with van der Waals surface area (Å²) >= 11 is 0. The summed E-state index contributed by atoms with van der Waals surface area (Å²) in [6.07, 6.45) is 0. The number of allylic oxidation sites excluding steroid dienone is 1. The highest BCUT2D eigenvalue weighted by Gasteiger charge is 2.03. The minimum absolute atomic E-state index is 0.172. The van der Waals surface area contributed by atoms with Gasteiger partial charge in [0.1, 0.15) is 11.5 Å². The molecule has 0 fully saturated rings. The van der Waals surface area contributed by atoms with E-state index < -0.39 is 0 Å². The van der Waals surface area contributed by atoms with Crippen LogP contribution in [0.15, 0.2) is 24.8 Å². The summed E-state index contributed by atoms with van der Waals surface area (Å²) in [6.45, 7) is 5.76. The van der Waals surface area contributed by atoms with Gasteiger partial charge in [-0.1, -0.05) is 6.58 Å². The lowest BCUT2D eigenvalue weighted by Crippen LogP contribution is -1.98. The molecular weight excluding hydrogens is 180 g/mol. The van der Waals surface area contributed by atoms with Crippen LogP contribution in [0.25, 0.3) is 5.57 Å². The maximum Gasteiger partial charge on any atom is 0.188 e. The molecule has 0 heterocycles. The van der Waals surface area contributed by atoms with Gasteiger partial charge in [0.15, 0.2) is 6.79 Å². The molecule has 0 saturated carbocycles. The smallest absolute Gasteiger partial charge is 0.188 e. The summed E-state index contributed by atoms with van der Waals surface area (Å²) in [5.74, 6) is 0.750. The van der Waals surface area contributed by atoms with Crippen LogP contribution in [-0.4, -0.2) is 19.0 Å². The number of methoxy groups -OCH3 is 1. The first-order valence-electron chi connectivity index (χ1n) is 4.25. The second-order valence-electron chi connectivity index (χ2n) is 3.01. The van der Waals surface area contributed by atoms with E-state index in [1.807, 2.05) is 6.92 Å². The number of ether oxygens (including phenoxy) is 2. The fourth-order valence-corrected chi connectivity index (χ4v) is 1.09. The Morgan fingerprint density at radius 2 is 2.21 bits per heavy atom. The van der Waals surface area contributed by atoms with Gasteiger partial charge in [-0.2, -0.15) is 0 Å². The van der Waals surface area contributed by atoms with Crippen molar-refractivity contribution in [3.63, 3.8) is 0 Å². The van der Waals surface area contributed by atoms with Crippen molar-refractivity contribution in [2.75, 3.05) is 13.9 Å². The van der Waals surface area contributed by atoms with Gasteiger partial charge in [-0.25, -0.2) is 0 Å². The average molecular weight is 194 g/mol. The molecule has 1 N–H and O–H groups in total. The normalized spacial score (nSPS) is 9.86. The third-order valence-corrected chi connectivity index (χ3v) is 1.77. The van der Waals surface area contributed by atoms with E-state index in [0.29, 0.717) is 5.75 Å². The molecule has 14 heavy (non-hydrogen) atoms. The maximum absolute atomic E-state index is 9.58. The lowest BCUT2D eigenvalue weighted by Gasteiger charge is -2.07. The number of hydrogen-bond donors (Lipinski definition) is 1. The van der Waals surface area contributed by atoms with Crippen LogP contribution < -0.4 is 4.74 Å². The first-order chi connectivity index (χ1) is 6.65. The van der Waals surface area contributed by atoms with Crippen molar-refractivity contribution in [2.45, 2.75) is 6.92 Å². The molecule has 76 valence electrons. The SMILES string of the molecule is C=C(C)c1ccc(OCOC)cc1O. The number of benzene rings is 1. The van der Waals surface area contributed by atoms with Gasteiger partial charge in [0.2, 0.25) is 0 Å². The predicted molar refractivity (Wildman–Crippen MR) is 55.3 cm³/mol. The molecule has 0 radical (unpaired) electrons. The van der Waals surface area contributed by atoms with E-state index in [0.717, 1.165) is 11.1 Å². The minimum atomic E-state index is 0.172. The summed E-state index contributed by atoms with van der Waals surface area (Å²) < 4.78 is 9.90. The standard InChI is InChI=1S/C11H14O3/c1-8(2)10-5-4-9(6-11(10)12)14-7-13-3/h4-6,12H,1,7H2,2-3H3. The van der Waals surface area contributed by atoms with Gasteiger partial charge in [0, 0.05) is 18.7 Å². The third kappa shape index (κ3) is 2.50. The number of aromatic hydroxyl groups is 1. The molecule has 0 amide bonds. The number of hydrogen-bond acceptors (Lipinski definition) is 3. The van der Waals surface area contributed by atoms with Crippen LogP contribution in [0.2, 0.25) is 0 Å². The van der Waals surface area contributed by atoms with Gasteiger partial charge in [-0.3, -0.25) is 0 Å². The first kappa shape index (κ1) is 10.6. The van der Waals surface area contributed by atoms with E-state index in [9.17, 15) is 5.11 Å². The van der Waals surface area contributed by atoms with Gasteiger partial charge in [0.05, 0.1) is 0 Å². The topological polar surface area (TPSA) is 38.7 Å². The van der Waals surface area contributed by atoms with Crippen molar-refractivity contribution >= 4 is 5.57 Å². The van der Waals surface area contributed by atoms with E-state index in [2.05, 4.69) is 6.58 Å². The summed E-state index contributed by atoms with van der Waals surface area (Å²) in [7, 11) is 1.54. The van der Waals surface area contributed by atoms with E-state index in [1.165, 1.54) is 0 Å². The second-order valence-corrected chi connectivity index (χ2v) is 3.01. The van der Waals surface area contributed by atoms with Gasteiger partial charge in [0.25, 0.3) is 0 Å². The Morgan fingerprint density at radius 1 is 1.50 bits per heavy atom. The monoisotopic (exact) mass is 194 g/mol. The summed E-state index contributed by atoms with van der Waals surface area (Å²) in [4.78, 5) is 0. The highest BCUT2D eigenvalue weighted by Crippen LogP contribution is 2.27. The Morgan fingerprint density at radius 3 is 2.71 bits per heavy atom. The molecule has 3 heteroatoms. The largest absolute Gasteiger partial charge is 0.507 e. The summed E-state index contributed by atoms with van der Waals surface area (Å²) in [5.41, 5.74) is 1.55. The molecule has 3 nitrogen and oxygen atoms in total. The summed E-state index contributed by atoms with van der Waals surface area (Å²) in [6, 6.07) is 5.08. The Balaban J connectivity index is 2.83. The third-order valence-electron chi connectivity index (χ3n) is 1.77. The van der Waals surface area contributed by atoms with Crippen LogP contribution in [0.5, 0.6) is 11.5 Å². The van der Waals surface area contributed by atoms with Crippen LogP contribution in [-0.2, 0) is 4.74 Å². The van der Waals surface area contributed by atoms with E-state index >= 15 is 0 Å². The molecule has 1 rings (SSSR count). The van der Waals surface area contributed by atoms with Crippen molar-refractivity contribution in [2.24, 2.45) is 0 Å².